The number of hydrogen-bond acceptors (Lipinski definition) is 13. The second-order valence-corrected chi connectivity index (χ2v) is 15.7. The number of hydrogen-bond donors (Lipinski definition) is 7. The van der Waals surface area contributed by atoms with Crippen molar-refractivity contribution < 1.29 is 95.7 Å². The molecule has 0 heterocycles. The number of amides is 9. The van der Waals surface area contributed by atoms with Gasteiger partial charge in [-0.2, -0.15) is 6.41 Å². The standard InChI is InChI=1S/C41H67N9O13.Y/c1-15-16-17-21(2)33(55)32(37(59)46-31(29(10)53)30(54)18-19-51)50(14)41(63)28(9)49(13)40(62)25(6)45-36(58)27(8)48(12)39(61)24(5)44-34(56)22(3)43-35(57)26(7)47(11)38(60)23(4)42-20-52;/h15-16,21-29,31-33,53,55H,17-18H2,1-14H3,(H,42,52)(H,43,57)(H,44,56)(H,45,58)(H,46,59);/q-2;/b16-15+;. The van der Waals surface area contributed by atoms with Crippen LogP contribution in [0.2, 0.25) is 0 Å². The fraction of sp³-hybridized carbons (Fsp3) is 0.683. The number of carbonyl (C=O) groups excluding carboxylic acids is 11. The Morgan fingerprint density at radius 2 is 0.984 bits per heavy atom. The summed E-state index contributed by atoms with van der Waals surface area (Å²) in [7, 11) is 5.13. The smallest absolute Gasteiger partial charge is 0.246 e. The van der Waals surface area contributed by atoms with E-state index in [1.54, 1.807) is 26.0 Å². The molecule has 22 nitrogen and oxygen atoms in total. The minimum Gasteiger partial charge on any atom is -0.541 e. The molecule has 0 saturated carbocycles. The maximum absolute atomic E-state index is 13.9. The van der Waals surface area contributed by atoms with Gasteiger partial charge in [0.05, 0.1) is 18.2 Å². The Balaban J connectivity index is 0. The summed E-state index contributed by atoms with van der Waals surface area (Å²) in [4.78, 5) is 144. The molecule has 0 aliphatic carbocycles. The molecule has 0 spiro atoms. The van der Waals surface area contributed by atoms with Crippen molar-refractivity contribution in [2.24, 2.45) is 5.92 Å². The molecule has 0 aromatic rings. The van der Waals surface area contributed by atoms with Crippen LogP contribution in [0.4, 0.5) is 0 Å². The Bertz CT molecular complexity index is 1700. The van der Waals surface area contributed by atoms with E-state index in [0.717, 1.165) is 19.6 Å². The SMILES string of the molecule is C/C=C/CC(C)C(O)C(C(=O)NC(C(=O)C[C-]=O)C(C)O)N(C)C(=O)C(C)N(C)C(=O)C(C)NC(=O)C(C)N(C)C(=O)C(C)NC(=O)C(C)NC(=O)C(C)N(C)C(=O)C(C)N[C-]=O.[Y]. The quantitative estimate of drug-likeness (QED) is 0.0195. The number of aliphatic hydroxyl groups excluding tert-OH is 2. The van der Waals surface area contributed by atoms with Gasteiger partial charge in [-0.05, 0) is 74.7 Å². The Morgan fingerprint density at radius 1 is 0.562 bits per heavy atom. The predicted octanol–water partition coefficient (Wildman–Crippen LogP) is -3.19. The van der Waals surface area contributed by atoms with E-state index in [4.69, 9.17) is 0 Å². The number of rotatable bonds is 26. The summed E-state index contributed by atoms with van der Waals surface area (Å²) >= 11 is 0. The van der Waals surface area contributed by atoms with E-state index >= 15 is 0 Å². The molecule has 0 rings (SSSR count). The van der Waals surface area contributed by atoms with Crippen LogP contribution in [0.5, 0.6) is 0 Å². The minimum atomic E-state index is -1.63. The number of nitrogens with zero attached hydrogens (tertiary/aromatic N) is 4. The van der Waals surface area contributed by atoms with Gasteiger partial charge in [-0.15, -0.1) is 0 Å². The molecule has 23 heteroatoms. The maximum atomic E-state index is 13.9. The average Bonchev–Trinajstić information content (AvgIpc) is 3.24. The van der Waals surface area contributed by atoms with Crippen LogP contribution < -0.4 is 26.6 Å². The predicted molar refractivity (Wildman–Crippen MR) is 228 cm³/mol. The molecular formula is C41H67N9O13Y-2. The number of nitrogens with one attached hydrogen (secondary N) is 5. The topological polar surface area (TPSA) is 301 Å². The van der Waals surface area contributed by atoms with Crippen molar-refractivity contribution in [2.45, 2.75) is 149 Å². The van der Waals surface area contributed by atoms with Crippen LogP contribution in [0.3, 0.4) is 0 Å². The first-order valence-corrected chi connectivity index (χ1v) is 20.4. The zero-order valence-electron chi connectivity index (χ0n) is 39.2. The zero-order chi connectivity index (χ0) is 49.2. The van der Waals surface area contributed by atoms with Crippen LogP contribution in [0, 0.1) is 5.92 Å². The largest absolute Gasteiger partial charge is 0.541 e. The van der Waals surface area contributed by atoms with Gasteiger partial charge < -0.3 is 66.0 Å². The van der Waals surface area contributed by atoms with Gasteiger partial charge in [0.2, 0.25) is 47.3 Å². The summed E-state index contributed by atoms with van der Waals surface area (Å²) < 4.78 is 0. The van der Waals surface area contributed by atoms with Crippen molar-refractivity contribution in [2.75, 3.05) is 28.2 Å². The van der Waals surface area contributed by atoms with Crippen LogP contribution in [0.1, 0.15) is 82.1 Å². The third kappa shape index (κ3) is 17.7. The Hall–Kier alpha value is -4.67. The molecule has 0 saturated heterocycles. The molecule has 64 heavy (non-hydrogen) atoms. The summed E-state index contributed by atoms with van der Waals surface area (Å²) in [5.74, 6) is -7.54. The molecule has 9 amide bonds. The van der Waals surface area contributed by atoms with Crippen LogP contribution >= 0.6 is 0 Å². The second kappa shape index (κ2) is 29.0. The fourth-order valence-electron chi connectivity index (χ4n) is 6.03. The van der Waals surface area contributed by atoms with E-state index in [-0.39, 0.29) is 32.7 Å². The second-order valence-electron chi connectivity index (χ2n) is 15.7. The van der Waals surface area contributed by atoms with E-state index in [9.17, 15) is 63.0 Å². The average molecular weight is 983 g/mol. The summed E-state index contributed by atoms with van der Waals surface area (Å²) in [5.41, 5.74) is 0. The van der Waals surface area contributed by atoms with Crippen LogP contribution in [-0.2, 0) is 85.4 Å². The maximum Gasteiger partial charge on any atom is 0.246 e. The number of allylic oxidation sites excluding steroid dienone is 2. The van der Waals surface area contributed by atoms with E-state index in [1.807, 2.05) is 0 Å². The van der Waals surface area contributed by atoms with Gasteiger partial charge in [0.1, 0.15) is 54.1 Å². The monoisotopic (exact) mass is 982 g/mol. The van der Waals surface area contributed by atoms with Gasteiger partial charge in [0.15, 0.2) is 0 Å². The van der Waals surface area contributed by atoms with E-state index in [1.165, 1.54) is 96.3 Å². The fourth-order valence-corrected chi connectivity index (χ4v) is 6.03. The summed E-state index contributed by atoms with van der Waals surface area (Å²) in [6.07, 6.45) is 2.90. The third-order valence-electron chi connectivity index (χ3n) is 10.8. The Labute approximate surface area is 400 Å². The van der Waals surface area contributed by atoms with Crippen molar-refractivity contribution in [1.82, 2.24) is 46.2 Å². The van der Waals surface area contributed by atoms with Crippen molar-refractivity contribution in [3.63, 3.8) is 0 Å². The first kappa shape index (κ1) is 61.4. The Kier molecular flexibility index (Phi) is 27.8. The van der Waals surface area contributed by atoms with Crippen LogP contribution in [0.15, 0.2) is 12.2 Å². The van der Waals surface area contributed by atoms with Crippen molar-refractivity contribution in [3.8, 4) is 0 Å². The van der Waals surface area contributed by atoms with Gasteiger partial charge >= 0.3 is 0 Å². The molecule has 0 aromatic carbocycles. The van der Waals surface area contributed by atoms with E-state index < -0.39 is 132 Å². The first-order valence-electron chi connectivity index (χ1n) is 20.4. The van der Waals surface area contributed by atoms with Gasteiger partial charge in [-0.25, -0.2) is 0 Å². The molecular weight excluding hydrogens is 915 g/mol. The molecule has 0 bridgehead atoms. The number of carbonyl (C=O) groups is 9. The van der Waals surface area contributed by atoms with E-state index in [2.05, 4.69) is 26.6 Å². The first-order chi connectivity index (χ1) is 29.1. The number of Topliss-reactive ketones (excluding diaryl/α,β-unsaturated/α-hetero) is 1. The molecule has 1 radical (unpaired) electrons. The molecule has 12 atom stereocenters. The molecule has 0 fully saturated rings. The third-order valence-corrected chi connectivity index (χ3v) is 10.8. The van der Waals surface area contributed by atoms with Crippen LogP contribution in [0.25, 0.3) is 0 Å². The Morgan fingerprint density at radius 3 is 1.41 bits per heavy atom. The van der Waals surface area contributed by atoms with E-state index in [0.29, 0.717) is 6.42 Å². The number of ketones is 1. The molecule has 359 valence electrons. The minimum absolute atomic E-state index is 0. The molecule has 0 aliphatic rings. The summed E-state index contributed by atoms with van der Waals surface area (Å²) in [6.45, 7) is 14.2. The number of likely N-dealkylation sites (N-methyl/N-ethyl adjacent to an activating group) is 4. The normalized spacial score (nSPS) is 16.6. The van der Waals surface area contributed by atoms with Gasteiger partial charge in [0.25, 0.3) is 0 Å². The van der Waals surface area contributed by atoms with Gasteiger partial charge in [-0.3, -0.25) is 49.4 Å². The molecule has 7 N–H and O–H groups in total. The zero-order valence-corrected chi connectivity index (χ0v) is 42.1. The van der Waals surface area contributed by atoms with Crippen molar-refractivity contribution >= 4 is 65.7 Å². The molecule has 12 unspecified atom stereocenters. The number of aliphatic hydroxyl groups is 2. The van der Waals surface area contributed by atoms with Crippen molar-refractivity contribution in [1.29, 1.82) is 0 Å². The summed E-state index contributed by atoms with van der Waals surface area (Å²) in [5, 5.41) is 33.4. The summed E-state index contributed by atoms with van der Waals surface area (Å²) in [6, 6.07) is -11.3. The van der Waals surface area contributed by atoms with Crippen LogP contribution in [-0.4, -0.2) is 190 Å². The molecule has 0 aliphatic heterocycles. The molecule has 0 aromatic heterocycles. The van der Waals surface area contributed by atoms with Gasteiger partial charge in [-0.1, -0.05) is 25.5 Å². The van der Waals surface area contributed by atoms with Crippen molar-refractivity contribution in [3.05, 3.63) is 12.2 Å². The van der Waals surface area contributed by atoms with Gasteiger partial charge in [0, 0.05) is 60.9 Å².